The zero-order valence-corrected chi connectivity index (χ0v) is 19.3. The number of nitriles is 1. The number of hydrogen-bond acceptors (Lipinski definition) is 9. The van der Waals surface area contributed by atoms with E-state index < -0.39 is 33.1 Å². The molecule has 0 N–H and O–H groups in total. The van der Waals surface area contributed by atoms with Crippen molar-refractivity contribution in [1.29, 1.82) is 5.26 Å². The number of anilines is 1. The molecule has 2 atom stereocenters. The highest BCUT2D eigenvalue weighted by Gasteiger charge is 2.60. The van der Waals surface area contributed by atoms with Crippen LogP contribution in [0.5, 0.6) is 0 Å². The Morgan fingerprint density at radius 1 is 1.03 bits per heavy atom. The Kier molecular flexibility index (Phi) is 6.62. The van der Waals surface area contributed by atoms with Gasteiger partial charge in [-0.3, -0.25) is 20.2 Å². The smallest absolute Gasteiger partial charge is 0.350 e. The lowest BCUT2D eigenvalue weighted by molar-refractivity contribution is -0.385. The predicted molar refractivity (Wildman–Crippen MR) is 129 cm³/mol. The van der Waals surface area contributed by atoms with E-state index >= 15 is 0 Å². The molecule has 4 rings (SSSR count). The monoisotopic (exact) mass is 503 g/mol. The van der Waals surface area contributed by atoms with Crippen LogP contribution >= 0.6 is 0 Å². The molecule has 3 aromatic carbocycles. The number of nitrogens with zero attached hydrogens (tertiary/aromatic N) is 5. The van der Waals surface area contributed by atoms with Crippen LogP contribution in [0, 0.1) is 37.4 Å². The molecular formula is C25H18FN5O6. The zero-order valence-electron chi connectivity index (χ0n) is 19.3. The SMILES string of the molecule is CCOC(=O)C1(C#N)C(c2ccc([N+](=O)[O-])cc2)C(c2ccc(F)cc2)=NN1c1ccc([N+](=O)[O-])cc1. The number of nitro benzene ring substituents is 2. The zero-order chi connectivity index (χ0) is 26.7. The van der Waals surface area contributed by atoms with Crippen LogP contribution in [-0.2, 0) is 9.53 Å². The molecule has 0 aliphatic carbocycles. The summed E-state index contributed by atoms with van der Waals surface area (Å²) in [5, 5.41) is 38.6. The van der Waals surface area contributed by atoms with Crippen molar-refractivity contribution in [3.63, 3.8) is 0 Å². The van der Waals surface area contributed by atoms with Crippen LogP contribution in [0.1, 0.15) is 24.0 Å². The Hall–Kier alpha value is -5.18. The van der Waals surface area contributed by atoms with Crippen LogP contribution < -0.4 is 5.01 Å². The number of nitro groups is 2. The first-order chi connectivity index (χ1) is 17.7. The number of carbonyl (C=O) groups is 1. The lowest BCUT2D eigenvalue weighted by Gasteiger charge is -2.34. The largest absolute Gasteiger partial charge is 0.463 e. The normalized spacial score (nSPS) is 18.6. The summed E-state index contributed by atoms with van der Waals surface area (Å²) in [6.07, 6.45) is 0. The van der Waals surface area contributed by atoms with Gasteiger partial charge in [0.15, 0.2) is 0 Å². The van der Waals surface area contributed by atoms with E-state index in [2.05, 4.69) is 5.10 Å². The van der Waals surface area contributed by atoms with Gasteiger partial charge >= 0.3 is 5.97 Å². The topological polar surface area (TPSA) is 152 Å². The highest BCUT2D eigenvalue weighted by molar-refractivity contribution is 6.14. The van der Waals surface area contributed by atoms with Crippen molar-refractivity contribution in [2.45, 2.75) is 18.4 Å². The summed E-state index contributed by atoms with van der Waals surface area (Å²) in [5.41, 5.74) is -1.44. The number of benzene rings is 3. The number of ether oxygens (including phenoxy) is 1. The van der Waals surface area contributed by atoms with Crippen LogP contribution in [0.3, 0.4) is 0 Å². The second-order valence-corrected chi connectivity index (χ2v) is 7.96. The van der Waals surface area contributed by atoms with Crippen LogP contribution in [-0.4, -0.2) is 33.7 Å². The highest BCUT2D eigenvalue weighted by atomic mass is 19.1. The molecule has 0 fully saturated rings. The molecule has 11 nitrogen and oxygen atoms in total. The lowest BCUT2D eigenvalue weighted by Crippen LogP contribution is -2.54. The average molecular weight is 503 g/mol. The molecule has 1 aliphatic rings. The molecule has 3 aromatic rings. The molecule has 0 saturated heterocycles. The summed E-state index contributed by atoms with van der Waals surface area (Å²) in [4.78, 5) is 34.7. The summed E-state index contributed by atoms with van der Waals surface area (Å²) in [6.45, 7) is 1.51. The number of hydrogen-bond donors (Lipinski definition) is 0. The third-order valence-electron chi connectivity index (χ3n) is 5.87. The quantitative estimate of drug-likeness (QED) is 0.260. The molecule has 0 amide bonds. The van der Waals surface area contributed by atoms with Crippen molar-refractivity contribution in [1.82, 2.24) is 0 Å². The third kappa shape index (κ3) is 4.34. The van der Waals surface area contributed by atoms with Gasteiger partial charge in [-0.2, -0.15) is 10.4 Å². The van der Waals surface area contributed by atoms with Crippen LogP contribution in [0.25, 0.3) is 0 Å². The summed E-state index contributed by atoms with van der Waals surface area (Å²) in [7, 11) is 0. The van der Waals surface area contributed by atoms with Crippen LogP contribution in [0.15, 0.2) is 77.9 Å². The standard InChI is InChI=1S/C25H18FN5O6/c1-2-37-24(32)25(15-27)22(16-5-9-20(10-6-16)30(33)34)23(17-3-7-18(26)8-4-17)28-29(25)19-11-13-21(14-12-19)31(35)36/h3-14,22H,2H2,1H3. The van der Waals surface area contributed by atoms with Crippen LogP contribution in [0.4, 0.5) is 21.5 Å². The molecule has 2 unspecified atom stereocenters. The van der Waals surface area contributed by atoms with E-state index in [1.807, 2.05) is 6.07 Å². The second-order valence-electron chi connectivity index (χ2n) is 7.96. The Labute approximate surface area is 209 Å². The minimum atomic E-state index is -2.13. The molecule has 0 bridgehead atoms. The van der Waals surface area contributed by atoms with Crippen molar-refractivity contribution >= 4 is 28.7 Å². The summed E-state index contributed by atoms with van der Waals surface area (Å²) < 4.78 is 19.0. The molecular weight excluding hydrogens is 485 g/mol. The van der Waals surface area contributed by atoms with Gasteiger partial charge in [0, 0.05) is 24.3 Å². The minimum Gasteiger partial charge on any atom is -0.463 e. The number of non-ortho nitro benzene ring substituents is 2. The van der Waals surface area contributed by atoms with E-state index in [4.69, 9.17) is 4.74 Å². The fraction of sp³-hybridized carbons (Fsp3) is 0.160. The lowest BCUT2D eigenvalue weighted by atomic mass is 9.75. The van der Waals surface area contributed by atoms with E-state index in [1.165, 1.54) is 72.8 Å². The molecule has 0 saturated carbocycles. The number of halogens is 1. The maximum absolute atomic E-state index is 13.7. The molecule has 0 radical (unpaired) electrons. The van der Waals surface area contributed by atoms with Gasteiger partial charge in [-0.25, -0.2) is 14.2 Å². The highest BCUT2D eigenvalue weighted by Crippen LogP contribution is 2.46. The fourth-order valence-corrected chi connectivity index (χ4v) is 4.18. The van der Waals surface area contributed by atoms with Gasteiger partial charge < -0.3 is 4.74 Å². The summed E-state index contributed by atoms with van der Waals surface area (Å²) >= 11 is 0. The Morgan fingerprint density at radius 2 is 1.57 bits per heavy atom. The number of esters is 1. The van der Waals surface area contributed by atoms with Crippen molar-refractivity contribution < 1.29 is 23.8 Å². The van der Waals surface area contributed by atoms with Gasteiger partial charge in [0.05, 0.1) is 33.8 Å². The Morgan fingerprint density at radius 3 is 2.05 bits per heavy atom. The van der Waals surface area contributed by atoms with Crippen molar-refractivity contribution in [2.75, 3.05) is 11.6 Å². The fourth-order valence-electron chi connectivity index (χ4n) is 4.18. The number of hydrazone groups is 1. The first kappa shape index (κ1) is 24.9. The van der Waals surface area contributed by atoms with Crippen molar-refractivity contribution in [3.05, 3.63) is 110 Å². The van der Waals surface area contributed by atoms with Gasteiger partial charge in [-0.05, 0) is 42.3 Å². The molecule has 1 aliphatic heterocycles. The molecule has 0 aromatic heterocycles. The summed E-state index contributed by atoms with van der Waals surface area (Å²) in [6, 6.07) is 17.7. The van der Waals surface area contributed by atoms with Crippen molar-refractivity contribution in [3.8, 4) is 6.07 Å². The van der Waals surface area contributed by atoms with E-state index in [1.54, 1.807) is 6.92 Å². The molecule has 186 valence electrons. The summed E-state index contributed by atoms with van der Waals surface area (Å²) in [5.74, 6) is -2.59. The first-order valence-electron chi connectivity index (χ1n) is 10.9. The van der Waals surface area contributed by atoms with E-state index in [9.17, 15) is 34.7 Å². The van der Waals surface area contributed by atoms with E-state index in [-0.39, 0.29) is 29.4 Å². The van der Waals surface area contributed by atoms with Gasteiger partial charge in [0.25, 0.3) is 16.9 Å². The molecule has 12 heteroatoms. The predicted octanol–water partition coefficient (Wildman–Crippen LogP) is 4.48. The molecule has 0 spiro atoms. The maximum atomic E-state index is 13.7. The minimum absolute atomic E-state index is 0.0603. The Balaban J connectivity index is 1.98. The molecule has 37 heavy (non-hydrogen) atoms. The van der Waals surface area contributed by atoms with Gasteiger partial charge in [-0.1, -0.05) is 24.3 Å². The second kappa shape index (κ2) is 9.82. The third-order valence-corrected chi connectivity index (χ3v) is 5.87. The number of carbonyl (C=O) groups excluding carboxylic acids is 1. The average Bonchev–Trinajstić information content (AvgIpc) is 3.25. The van der Waals surface area contributed by atoms with E-state index in [0.29, 0.717) is 11.1 Å². The maximum Gasteiger partial charge on any atom is 0.350 e. The van der Waals surface area contributed by atoms with Crippen molar-refractivity contribution in [2.24, 2.45) is 5.10 Å². The van der Waals surface area contributed by atoms with E-state index in [0.717, 1.165) is 5.01 Å². The van der Waals surface area contributed by atoms with Gasteiger partial charge in [0.1, 0.15) is 11.9 Å². The first-order valence-corrected chi connectivity index (χ1v) is 10.9. The molecule has 1 heterocycles. The van der Waals surface area contributed by atoms with Gasteiger partial charge in [-0.15, -0.1) is 0 Å². The number of rotatable bonds is 7. The van der Waals surface area contributed by atoms with Crippen LogP contribution in [0.2, 0.25) is 0 Å². The Bertz CT molecular complexity index is 1430. The van der Waals surface area contributed by atoms with Gasteiger partial charge in [0.2, 0.25) is 0 Å².